The highest BCUT2D eigenvalue weighted by molar-refractivity contribution is 6.31. The van der Waals surface area contributed by atoms with Crippen molar-refractivity contribution in [2.75, 3.05) is 6.54 Å². The van der Waals surface area contributed by atoms with Crippen molar-refractivity contribution >= 4 is 17.5 Å². The van der Waals surface area contributed by atoms with Gasteiger partial charge in [-0.3, -0.25) is 4.79 Å². The first-order chi connectivity index (χ1) is 8.75. The summed E-state index contributed by atoms with van der Waals surface area (Å²) in [7, 11) is 0. The molecule has 0 heterocycles. The molecule has 0 saturated carbocycles. The Hall–Kier alpha value is -1.06. The Labute approximate surface area is 120 Å². The Morgan fingerprint density at radius 2 is 1.95 bits per heavy atom. The maximum atomic E-state index is 11.9. The van der Waals surface area contributed by atoms with Crippen LogP contribution in [0.2, 0.25) is 5.02 Å². The fourth-order valence-corrected chi connectivity index (χ4v) is 2.23. The number of halogens is 1. The molecule has 0 aliphatic carbocycles. The van der Waals surface area contributed by atoms with Crippen LogP contribution in [0.25, 0.3) is 0 Å². The van der Waals surface area contributed by atoms with Crippen molar-refractivity contribution in [2.24, 2.45) is 11.7 Å². The summed E-state index contributed by atoms with van der Waals surface area (Å²) in [6, 6.07) is 7.22. The van der Waals surface area contributed by atoms with Gasteiger partial charge in [-0.15, -0.1) is 0 Å². The number of benzene rings is 1. The van der Waals surface area contributed by atoms with Crippen LogP contribution in [0, 0.1) is 5.92 Å². The van der Waals surface area contributed by atoms with E-state index in [2.05, 4.69) is 19.2 Å². The van der Waals surface area contributed by atoms with E-state index in [0.717, 1.165) is 10.6 Å². The Morgan fingerprint density at radius 1 is 1.37 bits per heavy atom. The molecule has 0 unspecified atom stereocenters. The highest BCUT2D eigenvalue weighted by Gasteiger charge is 2.25. The van der Waals surface area contributed by atoms with Crippen molar-refractivity contribution in [2.45, 2.75) is 39.2 Å². The van der Waals surface area contributed by atoms with E-state index in [1.54, 1.807) is 0 Å². The lowest BCUT2D eigenvalue weighted by atomic mass is 9.84. The van der Waals surface area contributed by atoms with Gasteiger partial charge in [0, 0.05) is 17.0 Å². The van der Waals surface area contributed by atoms with E-state index < -0.39 is 6.04 Å². The molecular weight excluding hydrogens is 260 g/mol. The highest BCUT2D eigenvalue weighted by atomic mass is 35.5. The monoisotopic (exact) mass is 282 g/mol. The van der Waals surface area contributed by atoms with Gasteiger partial charge in [0.2, 0.25) is 5.91 Å². The SMILES string of the molecule is CC(C)[C@H](N)C(=O)NCC(C)(C)c1ccccc1Cl. The number of carbonyl (C=O) groups is 1. The van der Waals surface area contributed by atoms with E-state index in [1.807, 2.05) is 38.1 Å². The summed E-state index contributed by atoms with van der Waals surface area (Å²) in [6.45, 7) is 8.48. The number of nitrogens with two attached hydrogens (primary N) is 1. The molecule has 19 heavy (non-hydrogen) atoms. The van der Waals surface area contributed by atoms with E-state index in [1.165, 1.54) is 0 Å². The number of carbonyl (C=O) groups excluding carboxylic acids is 1. The normalized spacial score (nSPS) is 13.4. The van der Waals surface area contributed by atoms with Crippen molar-refractivity contribution in [1.29, 1.82) is 0 Å². The number of hydrogen-bond acceptors (Lipinski definition) is 2. The molecule has 4 heteroatoms. The number of rotatable bonds is 5. The first-order valence-corrected chi connectivity index (χ1v) is 6.92. The predicted octanol–water partition coefficient (Wildman–Crippen LogP) is 2.72. The molecule has 1 atom stereocenters. The van der Waals surface area contributed by atoms with E-state index in [0.29, 0.717) is 6.54 Å². The zero-order valence-corrected chi connectivity index (χ0v) is 12.8. The van der Waals surface area contributed by atoms with E-state index in [9.17, 15) is 4.79 Å². The zero-order chi connectivity index (χ0) is 14.6. The van der Waals surface area contributed by atoms with Crippen LogP contribution in [0.4, 0.5) is 0 Å². The van der Waals surface area contributed by atoms with Crippen molar-refractivity contribution in [3.8, 4) is 0 Å². The van der Waals surface area contributed by atoms with Crippen LogP contribution >= 0.6 is 11.6 Å². The van der Waals surface area contributed by atoms with Crippen LogP contribution < -0.4 is 11.1 Å². The first kappa shape index (κ1) is 16.0. The summed E-state index contributed by atoms with van der Waals surface area (Å²) in [5, 5.41) is 3.62. The summed E-state index contributed by atoms with van der Waals surface area (Å²) in [6.07, 6.45) is 0. The average Bonchev–Trinajstić information content (AvgIpc) is 2.35. The summed E-state index contributed by atoms with van der Waals surface area (Å²) < 4.78 is 0. The average molecular weight is 283 g/mol. The van der Waals surface area contributed by atoms with Crippen molar-refractivity contribution in [1.82, 2.24) is 5.32 Å². The van der Waals surface area contributed by atoms with E-state index >= 15 is 0 Å². The van der Waals surface area contributed by atoms with E-state index in [-0.39, 0.29) is 17.2 Å². The smallest absolute Gasteiger partial charge is 0.237 e. The lowest BCUT2D eigenvalue weighted by Crippen LogP contribution is -2.47. The first-order valence-electron chi connectivity index (χ1n) is 6.54. The Balaban J connectivity index is 2.71. The van der Waals surface area contributed by atoms with Gasteiger partial charge in [0.15, 0.2) is 0 Å². The molecule has 0 spiro atoms. The van der Waals surface area contributed by atoms with Crippen LogP contribution in [-0.2, 0) is 10.2 Å². The maximum absolute atomic E-state index is 11.9. The van der Waals surface area contributed by atoms with Gasteiger partial charge in [-0.05, 0) is 17.5 Å². The van der Waals surface area contributed by atoms with Gasteiger partial charge < -0.3 is 11.1 Å². The third-order valence-electron chi connectivity index (χ3n) is 3.33. The van der Waals surface area contributed by atoms with Crippen molar-refractivity contribution < 1.29 is 4.79 Å². The molecule has 0 aliphatic rings. The second-order valence-corrected chi connectivity index (χ2v) is 6.26. The van der Waals surface area contributed by atoms with Gasteiger partial charge in [-0.25, -0.2) is 0 Å². The summed E-state index contributed by atoms with van der Waals surface area (Å²) in [4.78, 5) is 11.9. The second-order valence-electron chi connectivity index (χ2n) is 5.85. The topological polar surface area (TPSA) is 55.1 Å². The maximum Gasteiger partial charge on any atom is 0.237 e. The van der Waals surface area contributed by atoms with Crippen LogP contribution in [0.3, 0.4) is 0 Å². The Bertz CT molecular complexity index is 444. The number of nitrogens with one attached hydrogen (secondary N) is 1. The van der Waals surface area contributed by atoms with Crippen LogP contribution in [0.15, 0.2) is 24.3 Å². The third-order valence-corrected chi connectivity index (χ3v) is 3.66. The quantitative estimate of drug-likeness (QED) is 0.872. The summed E-state index contributed by atoms with van der Waals surface area (Å²) in [5.41, 5.74) is 6.61. The molecule has 0 aliphatic heterocycles. The molecule has 1 aromatic rings. The molecule has 0 fully saturated rings. The Kier molecular flexibility index (Phi) is 5.39. The molecular formula is C15H23ClN2O. The molecule has 1 rings (SSSR count). The summed E-state index contributed by atoms with van der Waals surface area (Å²) in [5.74, 6) is 0.0126. The fourth-order valence-electron chi connectivity index (χ4n) is 1.83. The molecule has 1 aromatic carbocycles. The minimum atomic E-state index is -0.470. The predicted molar refractivity (Wildman–Crippen MR) is 80.3 cm³/mol. The molecule has 0 bridgehead atoms. The number of hydrogen-bond donors (Lipinski definition) is 2. The molecule has 0 saturated heterocycles. The van der Waals surface area contributed by atoms with Gasteiger partial charge in [-0.1, -0.05) is 57.5 Å². The van der Waals surface area contributed by atoms with Crippen LogP contribution in [0.1, 0.15) is 33.3 Å². The summed E-state index contributed by atoms with van der Waals surface area (Å²) >= 11 is 6.20. The molecule has 3 N–H and O–H groups in total. The minimum absolute atomic E-state index is 0.116. The fraction of sp³-hybridized carbons (Fsp3) is 0.533. The standard InChI is InChI=1S/C15H23ClN2O/c1-10(2)13(17)14(19)18-9-15(3,4)11-7-5-6-8-12(11)16/h5-8,10,13H,9,17H2,1-4H3,(H,18,19)/t13-/m0/s1. The van der Waals surface area contributed by atoms with Gasteiger partial charge in [-0.2, -0.15) is 0 Å². The zero-order valence-electron chi connectivity index (χ0n) is 12.0. The molecule has 0 aromatic heterocycles. The van der Waals surface area contributed by atoms with Crippen molar-refractivity contribution in [3.05, 3.63) is 34.9 Å². The molecule has 3 nitrogen and oxygen atoms in total. The van der Waals surface area contributed by atoms with Crippen LogP contribution in [0.5, 0.6) is 0 Å². The third kappa shape index (κ3) is 4.22. The lowest BCUT2D eigenvalue weighted by Gasteiger charge is -2.27. The Morgan fingerprint density at radius 3 is 2.47 bits per heavy atom. The molecule has 0 radical (unpaired) electrons. The van der Waals surface area contributed by atoms with E-state index in [4.69, 9.17) is 17.3 Å². The lowest BCUT2D eigenvalue weighted by molar-refractivity contribution is -0.123. The molecule has 1 amide bonds. The van der Waals surface area contributed by atoms with Gasteiger partial charge in [0.05, 0.1) is 6.04 Å². The second kappa shape index (κ2) is 6.40. The van der Waals surface area contributed by atoms with Crippen LogP contribution in [-0.4, -0.2) is 18.5 Å². The van der Waals surface area contributed by atoms with Gasteiger partial charge >= 0.3 is 0 Å². The highest BCUT2D eigenvalue weighted by Crippen LogP contribution is 2.28. The minimum Gasteiger partial charge on any atom is -0.354 e. The van der Waals surface area contributed by atoms with Gasteiger partial charge in [0.1, 0.15) is 0 Å². The number of amides is 1. The molecule has 106 valence electrons. The van der Waals surface area contributed by atoms with Crippen molar-refractivity contribution in [3.63, 3.8) is 0 Å². The largest absolute Gasteiger partial charge is 0.354 e. The van der Waals surface area contributed by atoms with Gasteiger partial charge in [0.25, 0.3) is 0 Å².